The molecule has 0 bridgehead atoms. The first-order valence-corrected chi connectivity index (χ1v) is 14.4. The highest BCUT2D eigenvalue weighted by molar-refractivity contribution is 7.90. The average Bonchev–Trinajstić information content (AvgIpc) is 3.42. The third-order valence-electron chi connectivity index (χ3n) is 6.42. The lowest BCUT2D eigenvalue weighted by atomic mass is 9.97. The van der Waals surface area contributed by atoms with Crippen molar-refractivity contribution in [3.63, 3.8) is 0 Å². The van der Waals surface area contributed by atoms with E-state index in [1.165, 1.54) is 24.3 Å². The van der Waals surface area contributed by atoms with E-state index in [0.717, 1.165) is 11.9 Å². The third-order valence-corrected chi connectivity index (χ3v) is 7.80. The van der Waals surface area contributed by atoms with Crippen LogP contribution in [0.25, 0.3) is 39.4 Å². The maximum Gasteiger partial charge on any atom is 0.192 e. The van der Waals surface area contributed by atoms with Crippen LogP contribution in [-0.2, 0) is 16.4 Å². The van der Waals surface area contributed by atoms with Gasteiger partial charge in [-0.1, -0.05) is 17.7 Å². The summed E-state index contributed by atoms with van der Waals surface area (Å²) in [5.74, 6) is -0.118. The Bertz CT molecular complexity index is 1880. The number of hydrogen-bond acceptors (Lipinski definition) is 6. The van der Waals surface area contributed by atoms with E-state index in [1.807, 2.05) is 24.6 Å². The maximum absolute atomic E-state index is 15.0. The topological polar surface area (TPSA) is 98.2 Å². The Balaban J connectivity index is 1.81. The lowest BCUT2D eigenvalue weighted by Crippen LogP contribution is -2.06. The molecule has 0 aliphatic carbocycles. The second-order valence-corrected chi connectivity index (χ2v) is 11.9. The Morgan fingerprint density at radius 2 is 1.73 bits per heavy atom. The molecule has 0 radical (unpaired) electrons. The molecular formula is C29H24ClF2N3O4S. The molecule has 5 aromatic rings. The minimum atomic E-state index is -3.85. The van der Waals surface area contributed by atoms with Crippen LogP contribution < -0.4 is 0 Å². The van der Waals surface area contributed by atoms with Crippen LogP contribution in [0.3, 0.4) is 0 Å². The van der Waals surface area contributed by atoms with E-state index in [1.54, 1.807) is 31.2 Å². The van der Waals surface area contributed by atoms with Gasteiger partial charge in [0.2, 0.25) is 0 Å². The zero-order valence-corrected chi connectivity index (χ0v) is 23.5. The Hall–Kier alpha value is -3.86. The highest BCUT2D eigenvalue weighted by Gasteiger charge is 2.23. The fourth-order valence-electron chi connectivity index (χ4n) is 4.73. The fraction of sp³-hybridized carbons (Fsp3) is 0.172. The Morgan fingerprint density at radius 3 is 2.35 bits per heavy atom. The molecule has 0 saturated heterocycles. The number of aryl methyl sites for hydroxylation is 3. The number of nitrogens with zero attached hydrogens (tertiary/aromatic N) is 3. The Morgan fingerprint density at radius 1 is 0.975 bits per heavy atom. The third kappa shape index (κ3) is 5.17. The molecule has 5 rings (SSSR count). The molecule has 2 heterocycles. The summed E-state index contributed by atoms with van der Waals surface area (Å²) in [6.45, 7) is 4.59. The molecule has 0 saturated carbocycles. The van der Waals surface area contributed by atoms with Crippen LogP contribution in [0, 0.1) is 32.4 Å². The van der Waals surface area contributed by atoms with Crippen molar-refractivity contribution in [3.8, 4) is 39.4 Å². The monoisotopic (exact) mass is 583 g/mol. The van der Waals surface area contributed by atoms with Crippen LogP contribution in [0.15, 0.2) is 64.0 Å². The lowest BCUT2D eigenvalue weighted by Gasteiger charge is -2.15. The van der Waals surface area contributed by atoms with E-state index in [9.17, 15) is 17.9 Å². The van der Waals surface area contributed by atoms with Crippen molar-refractivity contribution < 1.29 is 26.7 Å². The number of oxazole rings is 1. The predicted molar refractivity (Wildman–Crippen MR) is 148 cm³/mol. The van der Waals surface area contributed by atoms with Gasteiger partial charge in [0.05, 0.1) is 22.9 Å². The van der Waals surface area contributed by atoms with Crippen molar-refractivity contribution in [1.82, 2.24) is 14.5 Å². The van der Waals surface area contributed by atoms with Crippen molar-refractivity contribution >= 4 is 21.4 Å². The summed E-state index contributed by atoms with van der Waals surface area (Å²) in [6.07, 6.45) is 2.80. The summed E-state index contributed by atoms with van der Waals surface area (Å²) in [5.41, 5.74) is 3.17. The van der Waals surface area contributed by atoms with Crippen LogP contribution in [0.5, 0.6) is 0 Å². The van der Waals surface area contributed by atoms with Gasteiger partial charge in [-0.25, -0.2) is 27.2 Å². The Labute approximate surface area is 234 Å². The van der Waals surface area contributed by atoms with Gasteiger partial charge in [-0.05, 0) is 67.4 Å². The molecule has 206 valence electrons. The van der Waals surface area contributed by atoms with Crippen LogP contribution in [0.1, 0.15) is 23.0 Å². The van der Waals surface area contributed by atoms with Crippen molar-refractivity contribution in [2.75, 3.05) is 6.26 Å². The molecule has 40 heavy (non-hydrogen) atoms. The van der Waals surface area contributed by atoms with Gasteiger partial charge >= 0.3 is 0 Å². The van der Waals surface area contributed by atoms with E-state index in [0.29, 0.717) is 39.8 Å². The average molecular weight is 584 g/mol. The molecule has 0 fully saturated rings. The molecule has 7 nitrogen and oxygen atoms in total. The first-order chi connectivity index (χ1) is 18.8. The van der Waals surface area contributed by atoms with E-state index in [4.69, 9.17) is 16.0 Å². The second-order valence-electron chi connectivity index (χ2n) is 9.47. The van der Waals surface area contributed by atoms with Crippen molar-refractivity contribution in [2.45, 2.75) is 32.3 Å². The number of aromatic nitrogens is 3. The zero-order valence-electron chi connectivity index (χ0n) is 22.0. The van der Waals surface area contributed by atoms with Gasteiger partial charge in [0.1, 0.15) is 23.2 Å². The molecule has 0 atom stereocenters. The largest absolute Gasteiger partial charge is 0.440 e. The quantitative estimate of drug-likeness (QED) is 0.241. The van der Waals surface area contributed by atoms with Gasteiger partial charge in [-0.3, -0.25) is 0 Å². The maximum atomic E-state index is 15.0. The van der Waals surface area contributed by atoms with Crippen molar-refractivity contribution in [3.05, 3.63) is 94.4 Å². The highest BCUT2D eigenvalue weighted by atomic mass is 35.5. The molecule has 11 heteroatoms. The minimum absolute atomic E-state index is 0.179. The van der Waals surface area contributed by atoms with Crippen LogP contribution in [0.2, 0.25) is 5.02 Å². The van der Waals surface area contributed by atoms with E-state index in [2.05, 4.69) is 9.97 Å². The second kappa shape index (κ2) is 10.3. The number of sulfone groups is 1. The molecule has 3 aromatic carbocycles. The first kappa shape index (κ1) is 27.7. The molecule has 0 unspecified atom stereocenters. The molecular weight excluding hydrogens is 560 g/mol. The summed E-state index contributed by atoms with van der Waals surface area (Å²) in [5, 5.41) is 9.80. The van der Waals surface area contributed by atoms with E-state index < -0.39 is 28.1 Å². The van der Waals surface area contributed by atoms with Gasteiger partial charge < -0.3 is 14.1 Å². The van der Waals surface area contributed by atoms with Crippen LogP contribution >= 0.6 is 11.6 Å². The highest BCUT2D eigenvalue weighted by Crippen LogP contribution is 2.40. The predicted octanol–water partition coefficient (Wildman–Crippen LogP) is 6.61. The molecule has 2 aromatic heterocycles. The number of hydrogen-bond donors (Lipinski definition) is 1. The number of aliphatic hydroxyl groups excluding tert-OH is 1. The number of aliphatic hydroxyl groups is 1. The fourth-order valence-corrected chi connectivity index (χ4v) is 5.90. The normalized spacial score (nSPS) is 11.8. The molecule has 1 N–H and O–H groups in total. The summed E-state index contributed by atoms with van der Waals surface area (Å²) >= 11 is 6.14. The SMILES string of the molecule is Cc1cn(-c2ccc(-c3cc(F)c(CO)c(S(C)(=O)=O)c3)cc2-c2nc(C)oc2-c2cc(F)cc(Cl)c2)c(C)n1. The number of imidazole rings is 1. The molecule has 0 aliphatic heterocycles. The van der Waals surface area contributed by atoms with Gasteiger partial charge in [0, 0.05) is 41.1 Å². The number of benzene rings is 3. The van der Waals surface area contributed by atoms with E-state index in [-0.39, 0.29) is 26.8 Å². The Kier molecular flexibility index (Phi) is 7.11. The molecule has 0 amide bonds. The lowest BCUT2D eigenvalue weighted by molar-refractivity contribution is 0.272. The van der Waals surface area contributed by atoms with Crippen molar-refractivity contribution in [1.29, 1.82) is 0 Å². The van der Waals surface area contributed by atoms with Crippen molar-refractivity contribution in [2.24, 2.45) is 0 Å². The van der Waals surface area contributed by atoms with Gasteiger partial charge in [-0.15, -0.1) is 0 Å². The smallest absolute Gasteiger partial charge is 0.192 e. The summed E-state index contributed by atoms with van der Waals surface area (Å²) < 4.78 is 61.9. The first-order valence-electron chi connectivity index (χ1n) is 12.1. The van der Waals surface area contributed by atoms with Crippen LogP contribution in [0.4, 0.5) is 8.78 Å². The van der Waals surface area contributed by atoms with E-state index >= 15 is 4.39 Å². The van der Waals surface area contributed by atoms with Crippen LogP contribution in [-0.4, -0.2) is 34.3 Å². The van der Waals surface area contributed by atoms with Gasteiger partial charge in [0.25, 0.3) is 0 Å². The summed E-state index contributed by atoms with van der Waals surface area (Å²) in [7, 11) is -3.85. The zero-order chi connectivity index (χ0) is 28.9. The standard InChI is InChI=1S/C29H24ClF2N3O4S/c1-15-13-35(16(2)33-15)26-6-5-18(19-10-25(32)24(14-36)27(11-19)40(4,37)38)9-23(26)28-29(39-17(3)34-28)20-7-21(30)12-22(31)8-20/h5-13,36H,14H2,1-4H3. The molecule has 0 spiro atoms. The minimum Gasteiger partial charge on any atom is -0.440 e. The van der Waals surface area contributed by atoms with Gasteiger partial charge in [-0.2, -0.15) is 0 Å². The summed E-state index contributed by atoms with van der Waals surface area (Å²) in [4.78, 5) is 8.80. The number of rotatable bonds is 6. The van der Waals surface area contributed by atoms with Gasteiger partial charge in [0.15, 0.2) is 21.5 Å². The molecule has 0 aliphatic rings. The number of halogens is 3. The summed E-state index contributed by atoms with van der Waals surface area (Å²) in [6, 6.07) is 11.8.